The molecular formula is C8H13NO3. The Hall–Kier alpha value is -1.06. The SMILES string of the molecule is CC(=O)N1CCC1(C)CC(=O)O. The van der Waals surface area contributed by atoms with Crippen LogP contribution in [0.4, 0.5) is 0 Å². The van der Waals surface area contributed by atoms with Gasteiger partial charge in [-0.15, -0.1) is 0 Å². The maximum absolute atomic E-state index is 11.0. The van der Waals surface area contributed by atoms with E-state index in [1.807, 2.05) is 6.92 Å². The quantitative estimate of drug-likeness (QED) is 0.657. The Labute approximate surface area is 71.2 Å². The molecule has 1 heterocycles. The van der Waals surface area contributed by atoms with Crippen molar-refractivity contribution in [2.24, 2.45) is 0 Å². The van der Waals surface area contributed by atoms with E-state index in [0.29, 0.717) is 6.54 Å². The fourth-order valence-corrected chi connectivity index (χ4v) is 1.65. The van der Waals surface area contributed by atoms with E-state index in [2.05, 4.69) is 0 Å². The van der Waals surface area contributed by atoms with Crippen LogP contribution in [-0.2, 0) is 9.59 Å². The number of carboxylic acids is 1. The first-order valence-corrected chi connectivity index (χ1v) is 3.96. The van der Waals surface area contributed by atoms with Gasteiger partial charge in [0, 0.05) is 13.5 Å². The second-order valence-corrected chi connectivity index (χ2v) is 3.49. The fourth-order valence-electron chi connectivity index (χ4n) is 1.65. The van der Waals surface area contributed by atoms with E-state index in [1.165, 1.54) is 6.92 Å². The Morgan fingerprint density at radius 1 is 1.58 bits per heavy atom. The molecule has 12 heavy (non-hydrogen) atoms. The first-order chi connectivity index (χ1) is 5.46. The number of amides is 1. The number of carbonyl (C=O) groups is 2. The summed E-state index contributed by atoms with van der Waals surface area (Å²) in [4.78, 5) is 23.0. The van der Waals surface area contributed by atoms with Gasteiger partial charge in [-0.3, -0.25) is 9.59 Å². The normalized spacial score (nSPS) is 28.0. The van der Waals surface area contributed by atoms with Crippen LogP contribution in [0.5, 0.6) is 0 Å². The molecule has 1 atom stereocenters. The number of carboxylic acid groups (broad SMARTS) is 1. The van der Waals surface area contributed by atoms with Crippen molar-refractivity contribution in [2.75, 3.05) is 6.54 Å². The Morgan fingerprint density at radius 2 is 2.17 bits per heavy atom. The van der Waals surface area contributed by atoms with Crippen LogP contribution in [0.3, 0.4) is 0 Å². The molecule has 1 amide bonds. The molecular weight excluding hydrogens is 158 g/mol. The third-order valence-electron chi connectivity index (χ3n) is 2.44. The zero-order valence-corrected chi connectivity index (χ0v) is 7.33. The minimum absolute atomic E-state index is 0.0370. The number of carbonyl (C=O) groups excluding carboxylic acids is 1. The van der Waals surface area contributed by atoms with Crippen LogP contribution < -0.4 is 0 Å². The smallest absolute Gasteiger partial charge is 0.305 e. The highest BCUT2D eigenvalue weighted by atomic mass is 16.4. The summed E-state index contributed by atoms with van der Waals surface area (Å²) in [5, 5.41) is 8.58. The van der Waals surface area contributed by atoms with E-state index in [-0.39, 0.29) is 12.3 Å². The first kappa shape index (κ1) is 9.03. The summed E-state index contributed by atoms with van der Waals surface area (Å²) in [6.45, 7) is 3.98. The molecule has 1 unspecified atom stereocenters. The van der Waals surface area contributed by atoms with Crippen LogP contribution in [0, 0.1) is 0 Å². The van der Waals surface area contributed by atoms with Crippen molar-refractivity contribution in [1.82, 2.24) is 4.90 Å². The van der Waals surface area contributed by atoms with Crippen molar-refractivity contribution in [2.45, 2.75) is 32.2 Å². The molecule has 4 heteroatoms. The average molecular weight is 171 g/mol. The molecule has 0 saturated carbocycles. The molecule has 0 bridgehead atoms. The van der Waals surface area contributed by atoms with Gasteiger partial charge in [0.1, 0.15) is 0 Å². The van der Waals surface area contributed by atoms with Gasteiger partial charge >= 0.3 is 5.97 Å². The molecule has 1 aliphatic rings. The molecule has 0 spiro atoms. The summed E-state index contributed by atoms with van der Waals surface area (Å²) in [7, 11) is 0. The second kappa shape index (κ2) is 2.77. The number of nitrogens with zero attached hydrogens (tertiary/aromatic N) is 1. The van der Waals surface area contributed by atoms with Gasteiger partial charge in [0.25, 0.3) is 0 Å². The number of aliphatic carboxylic acids is 1. The Balaban J connectivity index is 2.60. The van der Waals surface area contributed by atoms with Crippen molar-refractivity contribution < 1.29 is 14.7 Å². The van der Waals surface area contributed by atoms with Crippen LogP contribution in [0.15, 0.2) is 0 Å². The largest absolute Gasteiger partial charge is 0.481 e. The Kier molecular flexibility index (Phi) is 2.08. The van der Waals surface area contributed by atoms with Gasteiger partial charge in [0.2, 0.25) is 5.91 Å². The summed E-state index contributed by atoms with van der Waals surface area (Å²) in [6, 6.07) is 0. The second-order valence-electron chi connectivity index (χ2n) is 3.49. The van der Waals surface area contributed by atoms with Crippen LogP contribution in [0.2, 0.25) is 0 Å². The highest BCUT2D eigenvalue weighted by Crippen LogP contribution is 2.33. The zero-order chi connectivity index (χ0) is 9.35. The fraction of sp³-hybridized carbons (Fsp3) is 0.750. The van der Waals surface area contributed by atoms with E-state index >= 15 is 0 Å². The van der Waals surface area contributed by atoms with Gasteiger partial charge in [-0.2, -0.15) is 0 Å². The van der Waals surface area contributed by atoms with Gasteiger partial charge < -0.3 is 10.0 Å². The number of likely N-dealkylation sites (tertiary alicyclic amines) is 1. The molecule has 4 nitrogen and oxygen atoms in total. The number of rotatable bonds is 2. The van der Waals surface area contributed by atoms with Gasteiger partial charge in [-0.25, -0.2) is 0 Å². The van der Waals surface area contributed by atoms with E-state index in [1.54, 1.807) is 4.90 Å². The lowest BCUT2D eigenvalue weighted by molar-refractivity contribution is -0.151. The topological polar surface area (TPSA) is 57.6 Å². The molecule has 0 aromatic rings. The van der Waals surface area contributed by atoms with Gasteiger partial charge in [-0.1, -0.05) is 0 Å². The van der Waals surface area contributed by atoms with Gasteiger partial charge in [0.15, 0.2) is 0 Å². The van der Waals surface area contributed by atoms with Crippen molar-refractivity contribution in [1.29, 1.82) is 0 Å². The minimum Gasteiger partial charge on any atom is -0.481 e. The first-order valence-electron chi connectivity index (χ1n) is 3.96. The lowest BCUT2D eigenvalue weighted by Gasteiger charge is -2.49. The number of hydrogen-bond acceptors (Lipinski definition) is 2. The molecule has 0 aromatic heterocycles. The predicted octanol–water partition coefficient (Wildman–Crippen LogP) is 0.472. The summed E-state index contributed by atoms with van der Waals surface area (Å²) in [6.07, 6.45) is 0.839. The third kappa shape index (κ3) is 1.42. The highest BCUT2D eigenvalue weighted by molar-refractivity contribution is 5.77. The Morgan fingerprint density at radius 3 is 2.42 bits per heavy atom. The van der Waals surface area contributed by atoms with E-state index in [0.717, 1.165) is 6.42 Å². The maximum atomic E-state index is 11.0. The molecule has 0 radical (unpaired) electrons. The molecule has 68 valence electrons. The van der Waals surface area contributed by atoms with Gasteiger partial charge in [-0.05, 0) is 13.3 Å². The summed E-state index contributed by atoms with van der Waals surface area (Å²) >= 11 is 0. The van der Waals surface area contributed by atoms with Crippen LogP contribution >= 0.6 is 0 Å². The Bertz CT molecular complexity index is 226. The van der Waals surface area contributed by atoms with Gasteiger partial charge in [0.05, 0.1) is 12.0 Å². The lowest BCUT2D eigenvalue weighted by atomic mass is 9.83. The predicted molar refractivity (Wildman–Crippen MR) is 42.7 cm³/mol. The molecule has 0 aliphatic carbocycles. The van der Waals surface area contributed by atoms with Crippen molar-refractivity contribution in [3.05, 3.63) is 0 Å². The van der Waals surface area contributed by atoms with E-state index in [9.17, 15) is 9.59 Å². The summed E-state index contributed by atoms with van der Waals surface area (Å²) in [5.74, 6) is -0.881. The molecule has 1 N–H and O–H groups in total. The summed E-state index contributed by atoms with van der Waals surface area (Å²) in [5.41, 5.74) is -0.433. The van der Waals surface area contributed by atoms with Crippen LogP contribution in [-0.4, -0.2) is 34.0 Å². The third-order valence-corrected chi connectivity index (χ3v) is 2.44. The average Bonchev–Trinajstić information content (AvgIpc) is 1.82. The molecule has 1 saturated heterocycles. The van der Waals surface area contributed by atoms with Crippen molar-refractivity contribution >= 4 is 11.9 Å². The van der Waals surface area contributed by atoms with E-state index < -0.39 is 11.5 Å². The summed E-state index contributed by atoms with van der Waals surface area (Å²) < 4.78 is 0. The standard InChI is InChI=1S/C8H13NO3/c1-6(10)9-4-3-8(9,2)5-7(11)12/h3-5H2,1-2H3,(H,11,12). The van der Waals surface area contributed by atoms with Crippen LogP contribution in [0.25, 0.3) is 0 Å². The van der Waals surface area contributed by atoms with Crippen molar-refractivity contribution in [3.63, 3.8) is 0 Å². The molecule has 1 rings (SSSR count). The molecule has 1 aliphatic heterocycles. The monoisotopic (exact) mass is 171 g/mol. The molecule has 0 aromatic carbocycles. The lowest BCUT2D eigenvalue weighted by Crippen LogP contribution is -2.60. The maximum Gasteiger partial charge on any atom is 0.305 e. The minimum atomic E-state index is -0.844. The van der Waals surface area contributed by atoms with Crippen molar-refractivity contribution in [3.8, 4) is 0 Å². The number of hydrogen-bond donors (Lipinski definition) is 1. The van der Waals surface area contributed by atoms with Crippen LogP contribution in [0.1, 0.15) is 26.7 Å². The molecule has 1 fully saturated rings. The van der Waals surface area contributed by atoms with E-state index in [4.69, 9.17) is 5.11 Å². The zero-order valence-electron chi connectivity index (χ0n) is 7.33. The highest BCUT2D eigenvalue weighted by Gasteiger charge is 2.43.